The molecule has 0 atom stereocenters. The second-order valence-corrected chi connectivity index (χ2v) is 3.28. The molecule has 0 aliphatic rings. The molecule has 4 nitrogen and oxygen atoms in total. The van der Waals surface area contributed by atoms with Gasteiger partial charge in [0.2, 0.25) is 5.91 Å². The SMILES string of the molecule is Cc1ncc(CCC(=O)N(C)C)[nH]1. The quantitative estimate of drug-likeness (QED) is 0.747. The van der Waals surface area contributed by atoms with E-state index in [-0.39, 0.29) is 5.91 Å². The van der Waals surface area contributed by atoms with Gasteiger partial charge in [0, 0.05) is 32.4 Å². The Balaban J connectivity index is 2.39. The third-order valence-electron chi connectivity index (χ3n) is 1.86. The number of hydrogen-bond donors (Lipinski definition) is 1. The van der Waals surface area contributed by atoms with Crippen molar-refractivity contribution in [3.05, 3.63) is 17.7 Å². The van der Waals surface area contributed by atoms with Gasteiger partial charge in [-0.2, -0.15) is 0 Å². The fourth-order valence-electron chi connectivity index (χ4n) is 1.06. The van der Waals surface area contributed by atoms with Gasteiger partial charge in [-0.15, -0.1) is 0 Å². The lowest BCUT2D eigenvalue weighted by atomic mass is 10.2. The van der Waals surface area contributed by atoms with Crippen molar-refractivity contribution in [3.63, 3.8) is 0 Å². The predicted molar refractivity (Wildman–Crippen MR) is 50.3 cm³/mol. The van der Waals surface area contributed by atoms with Crippen molar-refractivity contribution >= 4 is 5.91 Å². The summed E-state index contributed by atoms with van der Waals surface area (Å²) in [5.41, 5.74) is 1.02. The van der Waals surface area contributed by atoms with Crippen molar-refractivity contribution in [3.8, 4) is 0 Å². The van der Waals surface area contributed by atoms with E-state index in [0.29, 0.717) is 6.42 Å². The Morgan fingerprint density at radius 1 is 1.62 bits per heavy atom. The van der Waals surface area contributed by atoms with E-state index in [1.807, 2.05) is 6.92 Å². The number of aromatic nitrogens is 2. The van der Waals surface area contributed by atoms with Gasteiger partial charge >= 0.3 is 0 Å². The molecule has 4 heteroatoms. The first-order valence-electron chi connectivity index (χ1n) is 4.30. The minimum absolute atomic E-state index is 0.146. The van der Waals surface area contributed by atoms with Crippen LogP contribution in [0.2, 0.25) is 0 Å². The summed E-state index contributed by atoms with van der Waals surface area (Å²) in [5.74, 6) is 1.04. The smallest absolute Gasteiger partial charge is 0.222 e. The molecule has 1 aromatic rings. The molecule has 0 fully saturated rings. The normalized spacial score (nSPS) is 10.1. The second-order valence-electron chi connectivity index (χ2n) is 3.28. The highest BCUT2D eigenvalue weighted by atomic mass is 16.2. The van der Waals surface area contributed by atoms with Crippen LogP contribution in [0.15, 0.2) is 6.20 Å². The van der Waals surface area contributed by atoms with Crippen molar-refractivity contribution in [2.75, 3.05) is 14.1 Å². The predicted octanol–water partition coefficient (Wildman–Crippen LogP) is 0.739. The zero-order valence-electron chi connectivity index (χ0n) is 8.29. The molecule has 0 bridgehead atoms. The molecule has 1 rings (SSSR count). The molecule has 0 saturated heterocycles. The van der Waals surface area contributed by atoms with Gasteiger partial charge in [-0.3, -0.25) is 4.79 Å². The highest BCUT2D eigenvalue weighted by molar-refractivity contribution is 5.75. The zero-order valence-corrected chi connectivity index (χ0v) is 8.29. The Bertz CT molecular complexity index is 291. The first kappa shape index (κ1) is 9.77. The average molecular weight is 181 g/mol. The number of hydrogen-bond acceptors (Lipinski definition) is 2. The summed E-state index contributed by atoms with van der Waals surface area (Å²) in [6.45, 7) is 1.90. The van der Waals surface area contributed by atoms with Gasteiger partial charge in [0.05, 0.1) is 0 Å². The molecule has 72 valence electrons. The van der Waals surface area contributed by atoms with E-state index in [1.165, 1.54) is 0 Å². The minimum atomic E-state index is 0.146. The number of H-pyrrole nitrogens is 1. The van der Waals surface area contributed by atoms with E-state index in [1.54, 1.807) is 25.2 Å². The summed E-state index contributed by atoms with van der Waals surface area (Å²) in [4.78, 5) is 20.0. The van der Waals surface area contributed by atoms with Gasteiger partial charge in [-0.1, -0.05) is 0 Å². The molecule has 1 aromatic heterocycles. The maximum Gasteiger partial charge on any atom is 0.222 e. The summed E-state index contributed by atoms with van der Waals surface area (Å²) < 4.78 is 0. The molecule has 0 unspecified atom stereocenters. The summed E-state index contributed by atoms with van der Waals surface area (Å²) in [7, 11) is 3.53. The molecule has 1 heterocycles. The molecular weight excluding hydrogens is 166 g/mol. The summed E-state index contributed by atoms with van der Waals surface area (Å²) >= 11 is 0. The van der Waals surface area contributed by atoms with Crippen molar-refractivity contribution < 1.29 is 4.79 Å². The molecule has 1 amide bonds. The van der Waals surface area contributed by atoms with Crippen LogP contribution in [0.5, 0.6) is 0 Å². The molecule has 13 heavy (non-hydrogen) atoms. The molecule has 0 spiro atoms. The fraction of sp³-hybridized carbons (Fsp3) is 0.556. The van der Waals surface area contributed by atoms with Crippen molar-refractivity contribution in [1.82, 2.24) is 14.9 Å². The van der Waals surface area contributed by atoms with Gasteiger partial charge in [0.25, 0.3) is 0 Å². The summed E-state index contributed by atoms with van der Waals surface area (Å²) in [5, 5.41) is 0. The van der Waals surface area contributed by atoms with E-state index < -0.39 is 0 Å². The Morgan fingerprint density at radius 2 is 2.31 bits per heavy atom. The Hall–Kier alpha value is -1.32. The molecule has 1 N–H and O–H groups in total. The van der Waals surface area contributed by atoms with Crippen molar-refractivity contribution in [2.45, 2.75) is 19.8 Å². The molecule has 0 aromatic carbocycles. The molecule has 0 aliphatic carbocycles. The third kappa shape index (κ3) is 2.89. The van der Waals surface area contributed by atoms with Crippen LogP contribution in [-0.4, -0.2) is 34.9 Å². The Kier molecular flexibility index (Phi) is 3.06. The van der Waals surface area contributed by atoms with Gasteiger partial charge < -0.3 is 9.88 Å². The monoisotopic (exact) mass is 181 g/mol. The molecular formula is C9H15N3O. The number of aryl methyl sites for hydroxylation is 2. The minimum Gasteiger partial charge on any atom is -0.349 e. The highest BCUT2D eigenvalue weighted by Gasteiger charge is 2.04. The van der Waals surface area contributed by atoms with Crippen LogP contribution in [0.4, 0.5) is 0 Å². The first-order valence-corrected chi connectivity index (χ1v) is 4.30. The van der Waals surface area contributed by atoms with E-state index in [4.69, 9.17) is 0 Å². The van der Waals surface area contributed by atoms with E-state index in [0.717, 1.165) is 17.9 Å². The fourth-order valence-corrected chi connectivity index (χ4v) is 1.06. The summed E-state index contributed by atoms with van der Waals surface area (Å²) in [6.07, 6.45) is 3.05. The number of nitrogens with one attached hydrogen (secondary N) is 1. The zero-order chi connectivity index (χ0) is 9.84. The Morgan fingerprint density at radius 3 is 2.77 bits per heavy atom. The van der Waals surface area contributed by atoms with Crippen molar-refractivity contribution in [1.29, 1.82) is 0 Å². The number of rotatable bonds is 3. The molecule has 0 aliphatic heterocycles. The maximum absolute atomic E-state index is 11.2. The average Bonchev–Trinajstić information content (AvgIpc) is 2.47. The van der Waals surface area contributed by atoms with Crippen LogP contribution in [0.3, 0.4) is 0 Å². The van der Waals surface area contributed by atoms with Crippen LogP contribution < -0.4 is 0 Å². The summed E-state index contributed by atoms with van der Waals surface area (Å²) in [6, 6.07) is 0. The highest BCUT2D eigenvalue weighted by Crippen LogP contribution is 2.00. The van der Waals surface area contributed by atoms with E-state index in [9.17, 15) is 4.79 Å². The number of aromatic amines is 1. The van der Waals surface area contributed by atoms with Crippen LogP contribution in [0, 0.1) is 6.92 Å². The Labute approximate surface area is 78.0 Å². The standard InChI is InChI=1S/C9H15N3O/c1-7-10-6-8(11-7)4-5-9(13)12(2)3/h6H,4-5H2,1-3H3,(H,10,11). The lowest BCUT2D eigenvalue weighted by Gasteiger charge is -2.08. The molecule has 0 saturated carbocycles. The van der Waals surface area contributed by atoms with Crippen LogP contribution in [0.1, 0.15) is 17.9 Å². The molecule has 0 radical (unpaired) electrons. The van der Waals surface area contributed by atoms with E-state index >= 15 is 0 Å². The lowest BCUT2D eigenvalue weighted by molar-refractivity contribution is -0.128. The van der Waals surface area contributed by atoms with Gasteiger partial charge in [-0.25, -0.2) is 4.98 Å². The van der Waals surface area contributed by atoms with Gasteiger partial charge in [0.15, 0.2) is 0 Å². The number of carbonyl (C=O) groups is 1. The van der Waals surface area contributed by atoms with Crippen LogP contribution >= 0.6 is 0 Å². The number of amides is 1. The lowest BCUT2D eigenvalue weighted by Crippen LogP contribution is -2.21. The number of imidazole rings is 1. The van der Waals surface area contributed by atoms with E-state index in [2.05, 4.69) is 9.97 Å². The van der Waals surface area contributed by atoms with Crippen molar-refractivity contribution in [2.24, 2.45) is 0 Å². The number of carbonyl (C=O) groups excluding carboxylic acids is 1. The largest absolute Gasteiger partial charge is 0.349 e. The second kappa shape index (κ2) is 4.07. The third-order valence-corrected chi connectivity index (χ3v) is 1.86. The van der Waals surface area contributed by atoms with Crippen LogP contribution in [0.25, 0.3) is 0 Å². The number of nitrogens with zero attached hydrogens (tertiary/aromatic N) is 2. The van der Waals surface area contributed by atoms with Gasteiger partial charge in [0.1, 0.15) is 5.82 Å². The van der Waals surface area contributed by atoms with Crippen LogP contribution in [-0.2, 0) is 11.2 Å². The van der Waals surface area contributed by atoms with Gasteiger partial charge in [-0.05, 0) is 13.3 Å². The topological polar surface area (TPSA) is 49.0 Å². The maximum atomic E-state index is 11.2. The first-order chi connectivity index (χ1) is 6.09.